The van der Waals surface area contributed by atoms with E-state index in [9.17, 15) is 4.79 Å². The second-order valence-electron chi connectivity index (χ2n) is 2.76. The zero-order chi connectivity index (χ0) is 10.4. The molecule has 0 unspecified atom stereocenters. The first-order valence-electron chi connectivity index (χ1n) is 4.47. The molecule has 0 bridgehead atoms. The molecule has 0 saturated carbocycles. The fraction of sp³-hybridized carbons (Fsp3) is 0.400. The summed E-state index contributed by atoms with van der Waals surface area (Å²) < 4.78 is 9.87. The molecule has 1 rings (SSSR count). The molecule has 0 radical (unpaired) electrons. The van der Waals surface area contributed by atoms with E-state index in [2.05, 4.69) is 4.98 Å². The van der Waals surface area contributed by atoms with Gasteiger partial charge in [0.2, 0.25) is 5.88 Å². The van der Waals surface area contributed by atoms with E-state index in [1.54, 1.807) is 12.1 Å². The van der Waals surface area contributed by atoms with Crippen molar-refractivity contribution in [3.8, 4) is 11.6 Å². The molecule has 0 N–H and O–H groups in total. The van der Waals surface area contributed by atoms with Crippen molar-refractivity contribution in [2.75, 3.05) is 7.11 Å². The minimum absolute atomic E-state index is 0.237. The Bertz CT molecular complexity index is 295. The van der Waals surface area contributed by atoms with Crippen molar-refractivity contribution in [2.24, 2.45) is 0 Å². The SMILES string of the molecule is CCCC(=O)Oc1ccc(OC)nc1. The van der Waals surface area contributed by atoms with E-state index >= 15 is 0 Å². The third kappa shape index (κ3) is 3.05. The number of methoxy groups -OCH3 is 1. The normalized spacial score (nSPS) is 9.57. The van der Waals surface area contributed by atoms with Crippen LogP contribution in [0.2, 0.25) is 0 Å². The van der Waals surface area contributed by atoms with E-state index < -0.39 is 0 Å². The Labute approximate surface area is 82.9 Å². The molecular formula is C10H13NO3. The number of hydrogen-bond acceptors (Lipinski definition) is 4. The van der Waals surface area contributed by atoms with E-state index in [0.717, 1.165) is 6.42 Å². The monoisotopic (exact) mass is 195 g/mol. The van der Waals surface area contributed by atoms with Gasteiger partial charge in [0.15, 0.2) is 0 Å². The Morgan fingerprint density at radius 3 is 2.79 bits per heavy atom. The first-order chi connectivity index (χ1) is 6.76. The van der Waals surface area contributed by atoms with E-state index in [1.165, 1.54) is 13.3 Å². The molecule has 0 atom stereocenters. The molecule has 4 heteroatoms. The topological polar surface area (TPSA) is 48.4 Å². The number of aromatic nitrogens is 1. The molecule has 4 nitrogen and oxygen atoms in total. The van der Waals surface area contributed by atoms with Crippen LogP contribution in [0.1, 0.15) is 19.8 Å². The standard InChI is InChI=1S/C10H13NO3/c1-3-4-10(12)14-8-5-6-9(13-2)11-7-8/h5-7H,3-4H2,1-2H3. The average molecular weight is 195 g/mol. The molecule has 0 aliphatic rings. The Morgan fingerprint density at radius 1 is 1.50 bits per heavy atom. The van der Waals surface area contributed by atoms with Gasteiger partial charge in [0, 0.05) is 12.5 Å². The highest BCUT2D eigenvalue weighted by Gasteiger charge is 2.03. The van der Waals surface area contributed by atoms with Gasteiger partial charge >= 0.3 is 5.97 Å². The van der Waals surface area contributed by atoms with Gasteiger partial charge in [0.1, 0.15) is 5.75 Å². The van der Waals surface area contributed by atoms with Gasteiger partial charge in [0.05, 0.1) is 13.3 Å². The summed E-state index contributed by atoms with van der Waals surface area (Å²) in [4.78, 5) is 15.0. The maximum absolute atomic E-state index is 11.1. The minimum atomic E-state index is -0.237. The number of rotatable bonds is 4. The lowest BCUT2D eigenvalue weighted by Gasteiger charge is -2.03. The first-order valence-corrected chi connectivity index (χ1v) is 4.47. The summed E-state index contributed by atoms with van der Waals surface area (Å²) in [5, 5.41) is 0. The fourth-order valence-electron chi connectivity index (χ4n) is 0.934. The molecule has 0 fully saturated rings. The van der Waals surface area contributed by atoms with Crippen LogP contribution in [0.5, 0.6) is 11.6 Å². The summed E-state index contributed by atoms with van der Waals surface area (Å²) in [6.07, 6.45) is 2.67. The lowest BCUT2D eigenvalue weighted by Crippen LogP contribution is -2.06. The van der Waals surface area contributed by atoms with Crippen molar-refractivity contribution in [1.29, 1.82) is 0 Å². The van der Waals surface area contributed by atoms with Gasteiger partial charge in [-0.25, -0.2) is 4.98 Å². The lowest BCUT2D eigenvalue weighted by atomic mass is 10.3. The second-order valence-corrected chi connectivity index (χ2v) is 2.76. The molecule has 1 aromatic rings. The first kappa shape index (κ1) is 10.5. The van der Waals surface area contributed by atoms with Crippen LogP contribution in [0.3, 0.4) is 0 Å². The number of ether oxygens (including phenoxy) is 2. The highest BCUT2D eigenvalue weighted by molar-refractivity contribution is 5.72. The zero-order valence-electron chi connectivity index (χ0n) is 8.32. The maximum atomic E-state index is 11.1. The Morgan fingerprint density at radius 2 is 2.29 bits per heavy atom. The van der Waals surface area contributed by atoms with Crippen LogP contribution in [0.4, 0.5) is 0 Å². The lowest BCUT2D eigenvalue weighted by molar-refractivity contribution is -0.134. The summed E-state index contributed by atoms with van der Waals surface area (Å²) in [5.74, 6) is 0.712. The molecule has 76 valence electrons. The minimum Gasteiger partial charge on any atom is -0.481 e. The number of nitrogens with zero attached hydrogens (tertiary/aromatic N) is 1. The molecule has 0 aromatic carbocycles. The van der Waals surface area contributed by atoms with Gasteiger partial charge in [0.25, 0.3) is 0 Å². The van der Waals surface area contributed by atoms with Gasteiger partial charge in [-0.05, 0) is 12.5 Å². The van der Waals surface area contributed by atoms with E-state index in [4.69, 9.17) is 9.47 Å². The summed E-state index contributed by atoms with van der Waals surface area (Å²) in [7, 11) is 1.53. The third-order valence-electron chi connectivity index (χ3n) is 1.60. The molecule has 14 heavy (non-hydrogen) atoms. The summed E-state index contributed by atoms with van der Waals surface area (Å²) >= 11 is 0. The van der Waals surface area contributed by atoms with Gasteiger partial charge in [-0.15, -0.1) is 0 Å². The average Bonchev–Trinajstić information content (AvgIpc) is 2.19. The van der Waals surface area contributed by atoms with Gasteiger partial charge in [-0.3, -0.25) is 4.79 Å². The van der Waals surface area contributed by atoms with Gasteiger partial charge in [-0.2, -0.15) is 0 Å². The number of carbonyl (C=O) groups is 1. The van der Waals surface area contributed by atoms with Crippen LogP contribution >= 0.6 is 0 Å². The van der Waals surface area contributed by atoms with E-state index in [1.807, 2.05) is 6.92 Å². The molecule has 1 heterocycles. The molecular weight excluding hydrogens is 182 g/mol. The molecule has 0 aliphatic heterocycles. The number of carbonyl (C=O) groups excluding carboxylic acids is 1. The largest absolute Gasteiger partial charge is 0.481 e. The Kier molecular flexibility index (Phi) is 3.91. The van der Waals surface area contributed by atoms with E-state index in [0.29, 0.717) is 18.1 Å². The molecule has 0 amide bonds. The van der Waals surface area contributed by atoms with Crippen LogP contribution in [0.25, 0.3) is 0 Å². The number of esters is 1. The van der Waals surface area contributed by atoms with Crippen LogP contribution in [-0.2, 0) is 4.79 Å². The van der Waals surface area contributed by atoms with Crippen molar-refractivity contribution in [1.82, 2.24) is 4.98 Å². The molecule has 0 spiro atoms. The van der Waals surface area contributed by atoms with Crippen molar-refractivity contribution in [2.45, 2.75) is 19.8 Å². The smallest absolute Gasteiger partial charge is 0.311 e. The third-order valence-corrected chi connectivity index (χ3v) is 1.60. The van der Waals surface area contributed by atoms with Crippen molar-refractivity contribution in [3.63, 3.8) is 0 Å². The predicted molar refractivity (Wildman–Crippen MR) is 51.3 cm³/mol. The predicted octanol–water partition coefficient (Wildman–Crippen LogP) is 1.80. The quantitative estimate of drug-likeness (QED) is 0.687. The van der Waals surface area contributed by atoms with Gasteiger partial charge in [-0.1, -0.05) is 6.92 Å². The highest BCUT2D eigenvalue weighted by Crippen LogP contribution is 2.13. The summed E-state index contributed by atoms with van der Waals surface area (Å²) in [6, 6.07) is 3.30. The second kappa shape index (κ2) is 5.21. The van der Waals surface area contributed by atoms with Crippen LogP contribution in [0, 0.1) is 0 Å². The number of hydrogen-bond donors (Lipinski definition) is 0. The van der Waals surface area contributed by atoms with E-state index in [-0.39, 0.29) is 5.97 Å². The Balaban J connectivity index is 2.55. The summed E-state index contributed by atoms with van der Waals surface area (Å²) in [6.45, 7) is 1.92. The highest BCUT2D eigenvalue weighted by atomic mass is 16.5. The zero-order valence-corrected chi connectivity index (χ0v) is 8.32. The van der Waals surface area contributed by atoms with Crippen LogP contribution in [-0.4, -0.2) is 18.1 Å². The maximum Gasteiger partial charge on any atom is 0.311 e. The van der Waals surface area contributed by atoms with Crippen molar-refractivity contribution < 1.29 is 14.3 Å². The number of pyridine rings is 1. The van der Waals surface area contributed by atoms with Crippen molar-refractivity contribution >= 4 is 5.97 Å². The fourth-order valence-corrected chi connectivity index (χ4v) is 0.934. The Hall–Kier alpha value is -1.58. The molecule has 1 aromatic heterocycles. The molecule has 0 aliphatic carbocycles. The molecule has 0 saturated heterocycles. The van der Waals surface area contributed by atoms with Crippen LogP contribution < -0.4 is 9.47 Å². The van der Waals surface area contributed by atoms with Crippen LogP contribution in [0.15, 0.2) is 18.3 Å². The van der Waals surface area contributed by atoms with Gasteiger partial charge < -0.3 is 9.47 Å². The van der Waals surface area contributed by atoms with Crippen molar-refractivity contribution in [3.05, 3.63) is 18.3 Å². The summed E-state index contributed by atoms with van der Waals surface area (Å²) in [5.41, 5.74) is 0.